The Bertz CT molecular complexity index is 391. The van der Waals surface area contributed by atoms with Gasteiger partial charge in [0.05, 0.1) is 22.1 Å². The number of carbonyl (C=O) groups excluding carboxylic acids is 2. The van der Waals surface area contributed by atoms with Crippen molar-refractivity contribution in [3.05, 3.63) is 35.9 Å². The van der Waals surface area contributed by atoms with Gasteiger partial charge in [0.15, 0.2) is 0 Å². The molecule has 0 aromatic heterocycles. The smallest absolute Gasteiger partial charge is 0.243 e. The first-order valence-electron chi connectivity index (χ1n) is 4.75. The van der Waals surface area contributed by atoms with E-state index in [1.165, 1.54) is 0 Å². The Kier molecular flexibility index (Phi) is 2.86. The summed E-state index contributed by atoms with van der Waals surface area (Å²) in [7, 11) is 0. The molecule has 1 fully saturated rings. The maximum Gasteiger partial charge on any atom is 0.243 e. The predicted molar refractivity (Wildman–Crippen MR) is 59.0 cm³/mol. The van der Waals surface area contributed by atoms with Crippen LogP contribution in [0.2, 0.25) is 0 Å². The van der Waals surface area contributed by atoms with E-state index in [1.807, 2.05) is 30.3 Å². The van der Waals surface area contributed by atoms with Gasteiger partial charge in [-0.3, -0.25) is 9.59 Å². The number of rotatable bonds is 2. The molecule has 1 unspecified atom stereocenters. The van der Waals surface area contributed by atoms with Crippen LogP contribution < -0.4 is 0 Å². The van der Waals surface area contributed by atoms with Crippen LogP contribution in [0.3, 0.4) is 0 Å². The molecule has 2 amide bonds. The average molecular weight is 268 g/mol. The van der Waals surface area contributed by atoms with Crippen LogP contribution in [0.1, 0.15) is 12.0 Å². The molecule has 4 heteroatoms. The highest BCUT2D eigenvalue weighted by Gasteiger charge is 2.37. The van der Waals surface area contributed by atoms with E-state index in [4.69, 9.17) is 0 Å². The molecule has 0 bridgehead atoms. The van der Waals surface area contributed by atoms with Gasteiger partial charge in [0.25, 0.3) is 0 Å². The van der Waals surface area contributed by atoms with E-state index in [9.17, 15) is 9.59 Å². The summed E-state index contributed by atoms with van der Waals surface area (Å²) >= 11 is 2.96. The van der Waals surface area contributed by atoms with E-state index in [-0.39, 0.29) is 17.7 Å². The molecule has 0 N–H and O–H groups in total. The third-order valence-electron chi connectivity index (χ3n) is 2.51. The van der Waals surface area contributed by atoms with Gasteiger partial charge in [-0.05, 0) is 12.0 Å². The number of carbonyl (C=O) groups is 2. The first-order chi connectivity index (χ1) is 7.18. The van der Waals surface area contributed by atoms with Gasteiger partial charge < -0.3 is 0 Å². The summed E-state index contributed by atoms with van der Waals surface area (Å²) in [6.45, 7) is 0. The van der Waals surface area contributed by atoms with Crippen molar-refractivity contribution in [2.75, 3.05) is 0 Å². The van der Waals surface area contributed by atoms with Gasteiger partial charge in [-0.25, -0.2) is 3.93 Å². The van der Waals surface area contributed by atoms with Gasteiger partial charge in [-0.1, -0.05) is 30.3 Å². The van der Waals surface area contributed by atoms with Crippen molar-refractivity contribution in [2.45, 2.75) is 12.8 Å². The summed E-state index contributed by atoms with van der Waals surface area (Å²) in [4.78, 5) is 22.8. The lowest BCUT2D eigenvalue weighted by Gasteiger charge is -2.06. The standard InChI is InChI=1S/C11H10BrNO2/c12-13-10(14)7-9(11(13)15)6-8-4-2-1-3-5-8/h1-5,9H,6-7H2. The summed E-state index contributed by atoms with van der Waals surface area (Å²) in [6.07, 6.45) is 0.937. The second kappa shape index (κ2) is 4.14. The lowest BCUT2D eigenvalue weighted by atomic mass is 9.98. The normalized spacial score (nSPS) is 21.1. The summed E-state index contributed by atoms with van der Waals surface area (Å²) in [5, 5.41) is 0. The van der Waals surface area contributed by atoms with Crippen LogP contribution in [0.5, 0.6) is 0 Å². The van der Waals surface area contributed by atoms with Gasteiger partial charge in [0.2, 0.25) is 11.8 Å². The van der Waals surface area contributed by atoms with Crippen LogP contribution >= 0.6 is 16.1 Å². The molecule has 1 heterocycles. The SMILES string of the molecule is O=C1CC(Cc2ccccc2)C(=O)N1Br. The zero-order valence-electron chi connectivity index (χ0n) is 8.02. The number of nitrogens with zero attached hydrogens (tertiary/aromatic N) is 1. The minimum atomic E-state index is -0.209. The molecule has 1 aliphatic heterocycles. The fraction of sp³-hybridized carbons (Fsp3) is 0.273. The third-order valence-corrected chi connectivity index (χ3v) is 3.25. The summed E-state index contributed by atoms with van der Waals surface area (Å²) in [6, 6.07) is 9.73. The number of amides is 2. The lowest BCUT2D eigenvalue weighted by molar-refractivity contribution is -0.132. The van der Waals surface area contributed by atoms with Crippen LogP contribution in [-0.4, -0.2) is 15.7 Å². The van der Waals surface area contributed by atoms with Gasteiger partial charge in [0.1, 0.15) is 0 Å². The molecule has 0 spiro atoms. The topological polar surface area (TPSA) is 37.4 Å². The van der Waals surface area contributed by atoms with Crippen molar-refractivity contribution in [3.63, 3.8) is 0 Å². The highest BCUT2D eigenvalue weighted by Crippen LogP contribution is 2.25. The molecule has 1 saturated heterocycles. The summed E-state index contributed by atoms with van der Waals surface area (Å²) in [5.41, 5.74) is 1.09. The first kappa shape index (κ1) is 10.4. The summed E-state index contributed by atoms with van der Waals surface area (Å²) < 4.78 is 1.04. The van der Waals surface area contributed by atoms with Crippen molar-refractivity contribution >= 4 is 28.0 Å². The van der Waals surface area contributed by atoms with E-state index >= 15 is 0 Å². The molecule has 2 rings (SSSR count). The number of benzene rings is 1. The van der Waals surface area contributed by atoms with Crippen molar-refractivity contribution < 1.29 is 9.59 Å². The Morgan fingerprint density at radius 2 is 1.93 bits per heavy atom. The minimum Gasteiger partial charge on any atom is -0.273 e. The molecule has 1 aromatic carbocycles. The molecule has 0 saturated carbocycles. The van der Waals surface area contributed by atoms with Crippen molar-refractivity contribution in [2.24, 2.45) is 5.92 Å². The quantitative estimate of drug-likeness (QED) is 0.607. The minimum absolute atomic E-state index is 0.135. The molecule has 1 aromatic rings. The zero-order chi connectivity index (χ0) is 10.8. The van der Waals surface area contributed by atoms with Gasteiger partial charge >= 0.3 is 0 Å². The van der Waals surface area contributed by atoms with E-state index in [0.717, 1.165) is 9.49 Å². The molecular formula is C11H10BrNO2. The Hall–Kier alpha value is -1.16. The Labute approximate surface area is 96.4 Å². The zero-order valence-corrected chi connectivity index (χ0v) is 9.61. The Morgan fingerprint density at radius 3 is 2.47 bits per heavy atom. The van der Waals surface area contributed by atoms with Crippen molar-refractivity contribution in [1.82, 2.24) is 3.93 Å². The van der Waals surface area contributed by atoms with Crippen molar-refractivity contribution in [3.8, 4) is 0 Å². The second-order valence-electron chi connectivity index (χ2n) is 3.60. The highest BCUT2D eigenvalue weighted by atomic mass is 79.9. The van der Waals surface area contributed by atoms with Crippen LogP contribution in [-0.2, 0) is 16.0 Å². The molecule has 15 heavy (non-hydrogen) atoms. The lowest BCUT2D eigenvalue weighted by Crippen LogP contribution is -2.20. The first-order valence-corrected chi connectivity index (χ1v) is 5.46. The molecular weight excluding hydrogens is 258 g/mol. The average Bonchev–Trinajstić information content (AvgIpc) is 2.48. The Morgan fingerprint density at radius 1 is 1.27 bits per heavy atom. The maximum absolute atomic E-state index is 11.6. The molecule has 1 aliphatic rings. The molecule has 0 aliphatic carbocycles. The second-order valence-corrected chi connectivity index (χ2v) is 4.31. The largest absolute Gasteiger partial charge is 0.273 e. The van der Waals surface area contributed by atoms with Crippen LogP contribution in [0, 0.1) is 5.92 Å². The van der Waals surface area contributed by atoms with Crippen molar-refractivity contribution in [1.29, 1.82) is 0 Å². The number of halogens is 1. The highest BCUT2D eigenvalue weighted by molar-refractivity contribution is 9.08. The third kappa shape index (κ3) is 2.09. The van der Waals surface area contributed by atoms with Gasteiger partial charge in [-0.2, -0.15) is 0 Å². The number of imide groups is 1. The fourth-order valence-electron chi connectivity index (χ4n) is 1.72. The number of hydrogen-bond acceptors (Lipinski definition) is 2. The van der Waals surface area contributed by atoms with E-state index in [2.05, 4.69) is 16.1 Å². The maximum atomic E-state index is 11.6. The Balaban J connectivity index is 2.09. The monoisotopic (exact) mass is 267 g/mol. The van der Waals surface area contributed by atoms with Gasteiger partial charge in [0, 0.05) is 6.42 Å². The van der Waals surface area contributed by atoms with Crippen LogP contribution in [0.4, 0.5) is 0 Å². The predicted octanol–water partition coefficient (Wildman–Crippen LogP) is 1.91. The fourth-order valence-corrected chi connectivity index (χ4v) is 2.15. The summed E-state index contributed by atoms with van der Waals surface area (Å²) in [5.74, 6) is -0.496. The molecule has 78 valence electrons. The number of hydrogen-bond donors (Lipinski definition) is 0. The van der Waals surface area contributed by atoms with Crippen LogP contribution in [0.15, 0.2) is 30.3 Å². The van der Waals surface area contributed by atoms with Gasteiger partial charge in [-0.15, -0.1) is 0 Å². The molecule has 3 nitrogen and oxygen atoms in total. The molecule has 0 radical (unpaired) electrons. The van der Waals surface area contributed by atoms with E-state index in [1.54, 1.807) is 0 Å². The van der Waals surface area contributed by atoms with E-state index in [0.29, 0.717) is 12.8 Å². The molecule has 1 atom stereocenters. The van der Waals surface area contributed by atoms with E-state index < -0.39 is 0 Å². The van der Waals surface area contributed by atoms with Crippen LogP contribution in [0.25, 0.3) is 0 Å².